The van der Waals surface area contributed by atoms with Crippen molar-refractivity contribution >= 4 is 22.3 Å². The molecule has 5 heteroatoms. The second-order valence-electron chi connectivity index (χ2n) is 6.07. The lowest BCUT2D eigenvalue weighted by Crippen LogP contribution is -2.07. The monoisotopic (exact) mass is 357 g/mol. The summed E-state index contributed by atoms with van der Waals surface area (Å²) < 4.78 is 7.07. The van der Waals surface area contributed by atoms with Crippen LogP contribution in [0.5, 0.6) is 5.75 Å². The van der Waals surface area contributed by atoms with Gasteiger partial charge < -0.3 is 9.84 Å². The maximum absolute atomic E-state index is 10.2. The summed E-state index contributed by atoms with van der Waals surface area (Å²) in [5.74, 6) is 0.770. The van der Waals surface area contributed by atoms with Crippen LogP contribution in [0.25, 0.3) is 22.3 Å². The number of aromatic nitrogens is 3. The van der Waals surface area contributed by atoms with Gasteiger partial charge >= 0.3 is 0 Å². The summed E-state index contributed by atoms with van der Waals surface area (Å²) in [6.45, 7) is -0.125. The lowest BCUT2D eigenvalue weighted by atomic mass is 9.99. The molecule has 0 radical (unpaired) electrons. The molecule has 0 saturated heterocycles. The van der Waals surface area contributed by atoms with Crippen LogP contribution in [-0.2, 0) is 0 Å². The van der Waals surface area contributed by atoms with Crippen molar-refractivity contribution in [3.8, 4) is 5.75 Å². The Hall–Kier alpha value is -3.44. The Morgan fingerprint density at radius 2 is 1.59 bits per heavy atom. The molecule has 0 atom stereocenters. The molecule has 0 amide bonds. The fourth-order valence-electron chi connectivity index (χ4n) is 3.15. The normalized spacial score (nSPS) is 12.1. The molecule has 134 valence electrons. The van der Waals surface area contributed by atoms with Crippen LogP contribution in [0.4, 0.5) is 0 Å². The van der Waals surface area contributed by atoms with Gasteiger partial charge in [-0.1, -0.05) is 47.7 Å². The lowest BCUT2D eigenvalue weighted by Gasteiger charge is -2.16. The van der Waals surface area contributed by atoms with Gasteiger partial charge in [0.1, 0.15) is 11.3 Å². The number of ether oxygens (including phenoxy) is 1. The van der Waals surface area contributed by atoms with Crippen molar-refractivity contribution in [2.24, 2.45) is 0 Å². The number of benzene rings is 3. The van der Waals surface area contributed by atoms with E-state index in [4.69, 9.17) is 4.74 Å². The van der Waals surface area contributed by atoms with E-state index in [2.05, 4.69) is 10.3 Å². The van der Waals surface area contributed by atoms with Crippen molar-refractivity contribution in [3.63, 3.8) is 0 Å². The Kier molecular flexibility index (Phi) is 4.68. The maximum Gasteiger partial charge on any atom is 0.118 e. The van der Waals surface area contributed by atoms with Gasteiger partial charge in [0.05, 0.1) is 24.9 Å². The van der Waals surface area contributed by atoms with Crippen molar-refractivity contribution in [1.29, 1.82) is 0 Å². The zero-order valence-electron chi connectivity index (χ0n) is 14.9. The van der Waals surface area contributed by atoms with Gasteiger partial charge in [-0.3, -0.25) is 0 Å². The Morgan fingerprint density at radius 1 is 0.889 bits per heavy atom. The largest absolute Gasteiger partial charge is 0.497 e. The summed E-state index contributed by atoms with van der Waals surface area (Å²) in [5, 5.41) is 18.9. The first-order chi connectivity index (χ1) is 13.3. The van der Waals surface area contributed by atoms with Crippen LogP contribution in [0.2, 0.25) is 0 Å². The van der Waals surface area contributed by atoms with Crippen molar-refractivity contribution < 1.29 is 9.84 Å². The topological polar surface area (TPSA) is 60.2 Å². The van der Waals surface area contributed by atoms with Gasteiger partial charge in [-0.05, 0) is 42.0 Å². The number of rotatable bonds is 5. The molecule has 1 aromatic heterocycles. The predicted octanol–water partition coefficient (Wildman–Crippen LogP) is 3.85. The van der Waals surface area contributed by atoms with E-state index in [9.17, 15) is 5.11 Å². The van der Waals surface area contributed by atoms with Gasteiger partial charge in [0, 0.05) is 11.1 Å². The molecule has 5 nitrogen and oxygen atoms in total. The van der Waals surface area contributed by atoms with Gasteiger partial charge in [0.15, 0.2) is 0 Å². The summed E-state index contributed by atoms with van der Waals surface area (Å²) in [6, 6.07) is 25.3. The predicted molar refractivity (Wildman–Crippen MR) is 106 cm³/mol. The minimum atomic E-state index is -0.125. The third kappa shape index (κ3) is 3.20. The number of fused-ring (bicyclic) bond motifs is 1. The minimum Gasteiger partial charge on any atom is -0.497 e. The third-order valence-electron chi connectivity index (χ3n) is 4.49. The minimum absolute atomic E-state index is 0.125. The van der Waals surface area contributed by atoms with Crippen LogP contribution >= 0.6 is 0 Å². The third-order valence-corrected chi connectivity index (χ3v) is 4.49. The molecular formula is C22H19N3O2. The van der Waals surface area contributed by atoms with Gasteiger partial charge in [-0.2, -0.15) is 0 Å². The van der Waals surface area contributed by atoms with E-state index >= 15 is 0 Å². The number of methoxy groups -OCH3 is 1. The van der Waals surface area contributed by atoms with Gasteiger partial charge in [0.2, 0.25) is 0 Å². The van der Waals surface area contributed by atoms with Crippen molar-refractivity contribution in [2.75, 3.05) is 13.7 Å². The molecule has 0 saturated carbocycles. The molecule has 27 heavy (non-hydrogen) atoms. The molecule has 0 fully saturated rings. The summed E-state index contributed by atoms with van der Waals surface area (Å²) >= 11 is 0. The smallest absolute Gasteiger partial charge is 0.118 e. The first-order valence-corrected chi connectivity index (χ1v) is 8.66. The van der Waals surface area contributed by atoms with Gasteiger partial charge in [-0.15, -0.1) is 5.10 Å². The fourth-order valence-corrected chi connectivity index (χ4v) is 3.15. The molecule has 0 bridgehead atoms. The van der Waals surface area contributed by atoms with E-state index in [-0.39, 0.29) is 6.61 Å². The van der Waals surface area contributed by atoms with Crippen LogP contribution in [0, 0.1) is 0 Å². The van der Waals surface area contributed by atoms with Crippen molar-refractivity contribution in [1.82, 2.24) is 15.0 Å². The number of nitrogens with zero attached hydrogens (tertiary/aromatic N) is 3. The van der Waals surface area contributed by atoms with Crippen LogP contribution < -0.4 is 4.74 Å². The average Bonchev–Trinajstić information content (AvgIpc) is 3.16. The molecule has 0 unspecified atom stereocenters. The second kappa shape index (κ2) is 7.43. The molecular weight excluding hydrogens is 338 g/mol. The highest BCUT2D eigenvalue weighted by atomic mass is 16.5. The molecule has 4 aromatic rings. The maximum atomic E-state index is 10.2. The number of para-hydroxylation sites is 1. The summed E-state index contributed by atoms with van der Waals surface area (Å²) in [5.41, 5.74) is 5.10. The quantitative estimate of drug-likeness (QED) is 0.551. The Balaban J connectivity index is 2.01. The number of hydrogen-bond donors (Lipinski definition) is 1. The van der Waals surface area contributed by atoms with E-state index in [1.165, 1.54) is 0 Å². The number of hydrogen-bond acceptors (Lipinski definition) is 4. The lowest BCUT2D eigenvalue weighted by molar-refractivity contribution is 0.350. The number of aliphatic hydroxyl groups excluding tert-OH is 1. The van der Waals surface area contributed by atoms with Crippen molar-refractivity contribution in [3.05, 3.63) is 90.0 Å². The molecule has 4 rings (SSSR count). The number of aliphatic hydroxyl groups is 1. The summed E-state index contributed by atoms with van der Waals surface area (Å²) in [7, 11) is 1.64. The van der Waals surface area contributed by atoms with E-state index < -0.39 is 0 Å². The molecule has 0 spiro atoms. The second-order valence-corrected chi connectivity index (χ2v) is 6.07. The molecule has 0 aliphatic carbocycles. The highest BCUT2D eigenvalue weighted by molar-refractivity contribution is 5.94. The Morgan fingerprint density at radius 3 is 2.30 bits per heavy atom. The highest BCUT2D eigenvalue weighted by Gasteiger charge is 2.17. The molecule has 0 aliphatic rings. The van der Waals surface area contributed by atoms with E-state index in [1.807, 2.05) is 78.9 Å². The first kappa shape index (κ1) is 17.0. The molecule has 0 aliphatic heterocycles. The zero-order chi connectivity index (χ0) is 18.6. The van der Waals surface area contributed by atoms with E-state index in [0.29, 0.717) is 0 Å². The van der Waals surface area contributed by atoms with Crippen LogP contribution in [-0.4, -0.2) is 33.8 Å². The SMILES string of the molecule is COc1ccc(/C(=C(/CO)c2ccccc2)n2nnc3ccccc32)cc1. The summed E-state index contributed by atoms with van der Waals surface area (Å²) in [6.07, 6.45) is 0. The van der Waals surface area contributed by atoms with E-state index in [0.717, 1.165) is 39.2 Å². The molecule has 1 N–H and O–H groups in total. The zero-order valence-corrected chi connectivity index (χ0v) is 14.9. The van der Waals surface area contributed by atoms with Gasteiger partial charge in [0.25, 0.3) is 0 Å². The van der Waals surface area contributed by atoms with Crippen LogP contribution in [0.15, 0.2) is 78.9 Å². The molecule has 1 heterocycles. The Bertz CT molecular complexity index is 1080. The van der Waals surface area contributed by atoms with Crippen molar-refractivity contribution in [2.45, 2.75) is 0 Å². The van der Waals surface area contributed by atoms with Crippen LogP contribution in [0.1, 0.15) is 11.1 Å². The van der Waals surface area contributed by atoms with Crippen LogP contribution in [0.3, 0.4) is 0 Å². The highest BCUT2D eigenvalue weighted by Crippen LogP contribution is 2.30. The van der Waals surface area contributed by atoms with E-state index in [1.54, 1.807) is 11.8 Å². The standard InChI is InChI=1S/C22H19N3O2/c1-27-18-13-11-17(12-14-18)22(19(15-26)16-7-3-2-4-8-16)25-21-10-6-5-9-20(21)23-24-25/h2-14,26H,15H2,1H3/b22-19+. The summed E-state index contributed by atoms with van der Waals surface area (Å²) in [4.78, 5) is 0. The Labute approximate surface area is 157 Å². The molecule has 3 aromatic carbocycles. The van der Waals surface area contributed by atoms with Gasteiger partial charge in [-0.25, -0.2) is 4.68 Å². The fraction of sp³-hybridized carbons (Fsp3) is 0.0909. The first-order valence-electron chi connectivity index (χ1n) is 8.66. The average molecular weight is 357 g/mol.